The third-order valence-corrected chi connectivity index (χ3v) is 3.19. The van der Waals surface area contributed by atoms with Gasteiger partial charge in [-0.25, -0.2) is 0 Å². The molecule has 3 heteroatoms. The van der Waals surface area contributed by atoms with E-state index < -0.39 is 0 Å². The predicted octanol–water partition coefficient (Wildman–Crippen LogP) is 2.07. The second kappa shape index (κ2) is 5.82. The Hall–Kier alpha value is -1.35. The van der Waals surface area contributed by atoms with E-state index in [1.807, 2.05) is 30.0 Å². The lowest BCUT2D eigenvalue weighted by Gasteiger charge is -2.23. The molecule has 1 saturated heterocycles. The molecule has 2 rings (SSSR count). The SMILES string of the molecule is CCN(Cc1ccccc1)C(=O)C1CCOC1. The van der Waals surface area contributed by atoms with E-state index in [2.05, 4.69) is 12.1 Å². The number of hydrogen-bond donors (Lipinski definition) is 0. The van der Waals surface area contributed by atoms with E-state index in [1.165, 1.54) is 5.56 Å². The number of hydrogen-bond acceptors (Lipinski definition) is 2. The number of rotatable bonds is 4. The molecule has 1 heterocycles. The van der Waals surface area contributed by atoms with Gasteiger partial charge in [0.1, 0.15) is 0 Å². The Morgan fingerprint density at radius 1 is 1.41 bits per heavy atom. The van der Waals surface area contributed by atoms with Gasteiger partial charge in [-0.15, -0.1) is 0 Å². The maximum absolute atomic E-state index is 12.2. The lowest BCUT2D eigenvalue weighted by Crippen LogP contribution is -2.35. The molecule has 0 bridgehead atoms. The van der Waals surface area contributed by atoms with Crippen LogP contribution in [0, 0.1) is 5.92 Å². The zero-order valence-corrected chi connectivity index (χ0v) is 10.3. The normalized spacial score (nSPS) is 19.2. The molecule has 1 atom stereocenters. The summed E-state index contributed by atoms with van der Waals surface area (Å²) >= 11 is 0. The van der Waals surface area contributed by atoms with Gasteiger partial charge in [0.2, 0.25) is 5.91 Å². The van der Waals surface area contributed by atoms with Crippen LogP contribution in [0.2, 0.25) is 0 Å². The van der Waals surface area contributed by atoms with Crippen molar-refractivity contribution in [2.75, 3.05) is 19.8 Å². The fraction of sp³-hybridized carbons (Fsp3) is 0.500. The largest absolute Gasteiger partial charge is 0.381 e. The van der Waals surface area contributed by atoms with Crippen molar-refractivity contribution in [3.63, 3.8) is 0 Å². The highest BCUT2D eigenvalue weighted by Crippen LogP contribution is 2.17. The molecule has 0 aliphatic carbocycles. The monoisotopic (exact) mass is 233 g/mol. The summed E-state index contributed by atoms with van der Waals surface area (Å²) in [6, 6.07) is 10.1. The van der Waals surface area contributed by atoms with Crippen LogP contribution in [-0.2, 0) is 16.1 Å². The Labute approximate surface area is 102 Å². The number of ether oxygens (including phenoxy) is 1. The van der Waals surface area contributed by atoms with Gasteiger partial charge < -0.3 is 9.64 Å². The minimum absolute atomic E-state index is 0.0682. The van der Waals surface area contributed by atoms with Gasteiger partial charge in [0.05, 0.1) is 12.5 Å². The van der Waals surface area contributed by atoms with Crippen LogP contribution in [0.4, 0.5) is 0 Å². The molecule has 3 nitrogen and oxygen atoms in total. The van der Waals surface area contributed by atoms with Crippen molar-refractivity contribution in [1.29, 1.82) is 0 Å². The Bertz CT molecular complexity index is 358. The summed E-state index contributed by atoms with van der Waals surface area (Å²) in [6.07, 6.45) is 0.865. The lowest BCUT2D eigenvalue weighted by molar-refractivity contribution is -0.135. The van der Waals surface area contributed by atoms with E-state index in [0.29, 0.717) is 13.2 Å². The molecule has 1 amide bonds. The Balaban J connectivity index is 1.98. The molecule has 1 aliphatic rings. The van der Waals surface area contributed by atoms with E-state index >= 15 is 0 Å². The average Bonchev–Trinajstić information content (AvgIpc) is 2.90. The van der Waals surface area contributed by atoms with Crippen LogP contribution >= 0.6 is 0 Å². The Morgan fingerprint density at radius 2 is 2.18 bits per heavy atom. The molecule has 1 fully saturated rings. The molecule has 0 aromatic heterocycles. The molecule has 1 aromatic carbocycles. The molecule has 0 N–H and O–H groups in total. The minimum Gasteiger partial charge on any atom is -0.381 e. The summed E-state index contributed by atoms with van der Waals surface area (Å²) in [6.45, 7) is 4.79. The van der Waals surface area contributed by atoms with Gasteiger partial charge >= 0.3 is 0 Å². The van der Waals surface area contributed by atoms with Crippen molar-refractivity contribution in [3.8, 4) is 0 Å². The van der Waals surface area contributed by atoms with Gasteiger partial charge in [-0.05, 0) is 18.9 Å². The van der Waals surface area contributed by atoms with Crippen LogP contribution in [0.25, 0.3) is 0 Å². The highest BCUT2D eigenvalue weighted by molar-refractivity contribution is 5.79. The Kier molecular flexibility index (Phi) is 4.15. The minimum atomic E-state index is 0.0682. The van der Waals surface area contributed by atoms with Crippen LogP contribution in [0.5, 0.6) is 0 Å². The quantitative estimate of drug-likeness (QED) is 0.796. The Morgan fingerprint density at radius 3 is 2.76 bits per heavy atom. The summed E-state index contributed by atoms with van der Waals surface area (Å²) in [5.41, 5.74) is 1.18. The number of amides is 1. The van der Waals surface area contributed by atoms with Crippen molar-refractivity contribution < 1.29 is 9.53 Å². The molecule has 1 aromatic rings. The third-order valence-electron chi connectivity index (χ3n) is 3.19. The highest BCUT2D eigenvalue weighted by atomic mass is 16.5. The molecule has 1 unspecified atom stereocenters. The van der Waals surface area contributed by atoms with Crippen LogP contribution < -0.4 is 0 Å². The predicted molar refractivity (Wildman–Crippen MR) is 66.5 cm³/mol. The van der Waals surface area contributed by atoms with E-state index in [4.69, 9.17) is 4.74 Å². The maximum Gasteiger partial charge on any atom is 0.228 e. The fourth-order valence-electron chi connectivity index (χ4n) is 2.14. The van der Waals surface area contributed by atoms with Crippen molar-refractivity contribution in [2.24, 2.45) is 5.92 Å². The molecule has 0 radical (unpaired) electrons. The van der Waals surface area contributed by atoms with E-state index in [1.54, 1.807) is 0 Å². The number of benzene rings is 1. The van der Waals surface area contributed by atoms with Crippen molar-refractivity contribution >= 4 is 5.91 Å². The smallest absolute Gasteiger partial charge is 0.228 e. The second-order valence-corrected chi connectivity index (χ2v) is 4.40. The van der Waals surface area contributed by atoms with Crippen molar-refractivity contribution in [2.45, 2.75) is 19.9 Å². The van der Waals surface area contributed by atoms with E-state index in [0.717, 1.165) is 19.6 Å². The van der Waals surface area contributed by atoms with E-state index in [-0.39, 0.29) is 11.8 Å². The molecular formula is C14H19NO2. The first-order chi connectivity index (χ1) is 8.31. The standard InChI is InChI=1S/C14H19NO2/c1-2-15(10-12-6-4-3-5-7-12)14(16)13-8-9-17-11-13/h3-7,13H,2,8-11H2,1H3. The first-order valence-corrected chi connectivity index (χ1v) is 6.21. The van der Waals surface area contributed by atoms with Gasteiger partial charge in [0, 0.05) is 19.7 Å². The zero-order chi connectivity index (χ0) is 12.1. The van der Waals surface area contributed by atoms with Crippen LogP contribution in [-0.4, -0.2) is 30.6 Å². The van der Waals surface area contributed by atoms with Crippen molar-refractivity contribution in [1.82, 2.24) is 4.90 Å². The molecular weight excluding hydrogens is 214 g/mol. The first kappa shape index (κ1) is 12.1. The lowest BCUT2D eigenvalue weighted by atomic mass is 10.1. The van der Waals surface area contributed by atoms with Crippen LogP contribution in [0.15, 0.2) is 30.3 Å². The summed E-state index contributed by atoms with van der Waals surface area (Å²) in [5, 5.41) is 0. The van der Waals surface area contributed by atoms with Crippen LogP contribution in [0.1, 0.15) is 18.9 Å². The summed E-state index contributed by atoms with van der Waals surface area (Å²) < 4.78 is 5.28. The van der Waals surface area contributed by atoms with Crippen LogP contribution in [0.3, 0.4) is 0 Å². The molecule has 0 spiro atoms. The molecule has 1 aliphatic heterocycles. The molecule has 17 heavy (non-hydrogen) atoms. The summed E-state index contributed by atoms with van der Waals surface area (Å²) in [4.78, 5) is 14.1. The van der Waals surface area contributed by atoms with Gasteiger partial charge in [-0.3, -0.25) is 4.79 Å². The van der Waals surface area contributed by atoms with Crippen molar-refractivity contribution in [3.05, 3.63) is 35.9 Å². The van der Waals surface area contributed by atoms with E-state index in [9.17, 15) is 4.79 Å². The first-order valence-electron chi connectivity index (χ1n) is 6.21. The number of carbonyl (C=O) groups excluding carboxylic acids is 1. The molecule has 92 valence electrons. The highest BCUT2D eigenvalue weighted by Gasteiger charge is 2.27. The topological polar surface area (TPSA) is 29.5 Å². The number of nitrogens with zero attached hydrogens (tertiary/aromatic N) is 1. The average molecular weight is 233 g/mol. The third kappa shape index (κ3) is 3.07. The summed E-state index contributed by atoms with van der Waals surface area (Å²) in [7, 11) is 0. The zero-order valence-electron chi connectivity index (χ0n) is 10.3. The van der Waals surface area contributed by atoms with Gasteiger partial charge in [-0.1, -0.05) is 30.3 Å². The van der Waals surface area contributed by atoms with Gasteiger partial charge in [-0.2, -0.15) is 0 Å². The van der Waals surface area contributed by atoms with Gasteiger partial charge in [0.15, 0.2) is 0 Å². The maximum atomic E-state index is 12.2. The number of carbonyl (C=O) groups is 1. The molecule has 0 saturated carbocycles. The van der Waals surface area contributed by atoms with Gasteiger partial charge in [0.25, 0.3) is 0 Å². The fourth-order valence-corrected chi connectivity index (χ4v) is 2.14. The summed E-state index contributed by atoms with van der Waals surface area (Å²) in [5.74, 6) is 0.299. The second-order valence-electron chi connectivity index (χ2n) is 4.40.